The summed E-state index contributed by atoms with van der Waals surface area (Å²) in [6, 6.07) is 4.60. The van der Waals surface area contributed by atoms with Crippen LogP contribution in [-0.2, 0) is 13.1 Å². The molecular formula is C16H21F2N3. The van der Waals surface area contributed by atoms with Crippen LogP contribution in [0.1, 0.15) is 36.4 Å². The maximum atomic E-state index is 13.8. The molecule has 1 aromatic heterocycles. The van der Waals surface area contributed by atoms with Crippen molar-refractivity contribution in [2.45, 2.75) is 46.8 Å². The summed E-state index contributed by atoms with van der Waals surface area (Å²) in [6.07, 6.45) is 0. The van der Waals surface area contributed by atoms with E-state index in [4.69, 9.17) is 0 Å². The predicted molar refractivity (Wildman–Crippen MR) is 79.1 cm³/mol. The van der Waals surface area contributed by atoms with Crippen LogP contribution in [0.5, 0.6) is 0 Å². The maximum Gasteiger partial charge on any atom is 0.163 e. The summed E-state index contributed by atoms with van der Waals surface area (Å²) >= 11 is 0. The van der Waals surface area contributed by atoms with Crippen molar-refractivity contribution in [3.63, 3.8) is 0 Å². The zero-order chi connectivity index (χ0) is 15.6. The molecule has 0 aliphatic heterocycles. The molecule has 0 aliphatic carbocycles. The average Bonchev–Trinajstić information content (AvgIpc) is 2.68. The van der Waals surface area contributed by atoms with Gasteiger partial charge >= 0.3 is 0 Å². The highest BCUT2D eigenvalue weighted by molar-refractivity contribution is 5.26. The number of aromatic nitrogens is 2. The van der Waals surface area contributed by atoms with Gasteiger partial charge in [0.2, 0.25) is 0 Å². The van der Waals surface area contributed by atoms with Crippen LogP contribution in [0.4, 0.5) is 8.78 Å². The van der Waals surface area contributed by atoms with Gasteiger partial charge in [0, 0.05) is 29.4 Å². The van der Waals surface area contributed by atoms with Crippen LogP contribution >= 0.6 is 0 Å². The zero-order valence-corrected chi connectivity index (χ0v) is 12.9. The highest BCUT2D eigenvalue weighted by Crippen LogP contribution is 2.17. The second-order valence-corrected chi connectivity index (χ2v) is 5.56. The number of hydrogen-bond acceptors (Lipinski definition) is 2. The molecule has 0 bridgehead atoms. The van der Waals surface area contributed by atoms with Gasteiger partial charge in [0.15, 0.2) is 11.6 Å². The fourth-order valence-electron chi connectivity index (χ4n) is 2.28. The average molecular weight is 293 g/mol. The third kappa shape index (κ3) is 3.47. The van der Waals surface area contributed by atoms with E-state index in [1.54, 1.807) is 10.7 Å². The van der Waals surface area contributed by atoms with Gasteiger partial charge in [0.1, 0.15) is 0 Å². The van der Waals surface area contributed by atoms with Crippen molar-refractivity contribution in [2.24, 2.45) is 0 Å². The third-order valence-electron chi connectivity index (χ3n) is 3.57. The van der Waals surface area contributed by atoms with Gasteiger partial charge in [-0.05, 0) is 19.9 Å². The van der Waals surface area contributed by atoms with E-state index in [-0.39, 0.29) is 6.54 Å². The Labute approximate surface area is 124 Å². The Hall–Kier alpha value is -1.75. The Morgan fingerprint density at radius 3 is 2.62 bits per heavy atom. The third-order valence-corrected chi connectivity index (χ3v) is 3.57. The van der Waals surface area contributed by atoms with E-state index in [2.05, 4.69) is 24.3 Å². The summed E-state index contributed by atoms with van der Waals surface area (Å²) in [6.45, 7) is 9.00. The lowest BCUT2D eigenvalue weighted by Crippen LogP contribution is -2.22. The van der Waals surface area contributed by atoms with Crippen molar-refractivity contribution < 1.29 is 8.78 Å². The summed E-state index contributed by atoms with van der Waals surface area (Å²) in [4.78, 5) is 0. The second kappa shape index (κ2) is 6.35. The van der Waals surface area contributed by atoms with Gasteiger partial charge in [-0.3, -0.25) is 4.68 Å². The quantitative estimate of drug-likeness (QED) is 0.916. The van der Waals surface area contributed by atoms with Crippen molar-refractivity contribution in [3.8, 4) is 0 Å². The molecule has 0 spiro atoms. The van der Waals surface area contributed by atoms with Gasteiger partial charge in [-0.25, -0.2) is 8.78 Å². The Kier molecular flexibility index (Phi) is 4.73. The lowest BCUT2D eigenvalue weighted by Gasteiger charge is -2.09. The van der Waals surface area contributed by atoms with Crippen molar-refractivity contribution in [1.82, 2.24) is 15.1 Å². The number of nitrogens with one attached hydrogen (secondary N) is 1. The highest BCUT2D eigenvalue weighted by Gasteiger charge is 2.14. The smallest absolute Gasteiger partial charge is 0.163 e. The molecule has 1 heterocycles. The van der Waals surface area contributed by atoms with Gasteiger partial charge < -0.3 is 5.32 Å². The molecule has 0 aliphatic rings. The van der Waals surface area contributed by atoms with Crippen LogP contribution in [0.2, 0.25) is 0 Å². The van der Waals surface area contributed by atoms with Crippen LogP contribution in [-0.4, -0.2) is 15.8 Å². The summed E-state index contributed by atoms with van der Waals surface area (Å²) in [7, 11) is 0. The molecule has 21 heavy (non-hydrogen) atoms. The van der Waals surface area contributed by atoms with Gasteiger partial charge in [-0.15, -0.1) is 0 Å². The summed E-state index contributed by atoms with van der Waals surface area (Å²) in [5.41, 5.74) is 3.31. The number of nitrogens with zero attached hydrogens (tertiary/aromatic N) is 2. The number of hydrogen-bond donors (Lipinski definition) is 1. The number of aryl methyl sites for hydroxylation is 1. The van der Waals surface area contributed by atoms with Gasteiger partial charge in [-0.1, -0.05) is 26.0 Å². The van der Waals surface area contributed by atoms with Crippen molar-refractivity contribution in [1.29, 1.82) is 0 Å². The number of benzene rings is 1. The molecule has 0 radical (unpaired) electrons. The summed E-state index contributed by atoms with van der Waals surface area (Å²) < 4.78 is 28.7. The predicted octanol–water partition coefficient (Wildman–Crippen LogP) is 3.32. The van der Waals surface area contributed by atoms with Crippen LogP contribution in [0.15, 0.2) is 18.2 Å². The molecule has 2 aromatic rings. The zero-order valence-electron chi connectivity index (χ0n) is 12.9. The molecule has 0 fully saturated rings. The Bertz CT molecular complexity index is 633. The van der Waals surface area contributed by atoms with Crippen LogP contribution in [0.25, 0.3) is 0 Å². The fraction of sp³-hybridized carbons (Fsp3) is 0.438. The van der Waals surface area contributed by atoms with Crippen molar-refractivity contribution in [2.75, 3.05) is 0 Å². The van der Waals surface area contributed by atoms with E-state index in [0.717, 1.165) is 29.6 Å². The highest BCUT2D eigenvalue weighted by atomic mass is 19.2. The Balaban J connectivity index is 2.25. The molecule has 0 unspecified atom stereocenters. The molecule has 1 N–H and O–H groups in total. The number of halogens is 2. The van der Waals surface area contributed by atoms with E-state index in [0.29, 0.717) is 11.6 Å². The largest absolute Gasteiger partial charge is 0.310 e. The molecule has 0 amide bonds. The van der Waals surface area contributed by atoms with Gasteiger partial charge in [0.25, 0.3) is 0 Å². The Morgan fingerprint density at radius 2 is 1.95 bits per heavy atom. The fourth-order valence-corrected chi connectivity index (χ4v) is 2.28. The molecular weight excluding hydrogens is 272 g/mol. The molecule has 0 atom stereocenters. The second-order valence-electron chi connectivity index (χ2n) is 5.56. The first kappa shape index (κ1) is 15.6. The van der Waals surface area contributed by atoms with Crippen molar-refractivity contribution in [3.05, 3.63) is 52.3 Å². The molecule has 0 saturated heterocycles. The topological polar surface area (TPSA) is 29.9 Å². The van der Waals surface area contributed by atoms with E-state index in [1.165, 1.54) is 6.07 Å². The first-order chi connectivity index (χ1) is 9.90. The first-order valence-electron chi connectivity index (χ1n) is 7.09. The minimum atomic E-state index is -0.823. The van der Waals surface area contributed by atoms with Crippen molar-refractivity contribution >= 4 is 0 Å². The molecule has 1 aromatic carbocycles. The molecule has 0 saturated carbocycles. The Morgan fingerprint density at radius 1 is 1.24 bits per heavy atom. The monoisotopic (exact) mass is 293 g/mol. The minimum absolute atomic E-state index is 0.234. The van der Waals surface area contributed by atoms with Crippen LogP contribution in [0.3, 0.4) is 0 Å². The van der Waals surface area contributed by atoms with Gasteiger partial charge in [0.05, 0.1) is 12.2 Å². The van der Waals surface area contributed by atoms with Crippen LogP contribution in [0, 0.1) is 25.5 Å². The maximum absolute atomic E-state index is 13.8. The van der Waals surface area contributed by atoms with E-state index in [1.807, 2.05) is 13.8 Å². The molecule has 2 rings (SSSR count). The number of rotatable bonds is 5. The lowest BCUT2D eigenvalue weighted by atomic mass is 10.1. The minimum Gasteiger partial charge on any atom is -0.310 e. The lowest BCUT2D eigenvalue weighted by molar-refractivity contribution is 0.490. The van der Waals surface area contributed by atoms with Gasteiger partial charge in [-0.2, -0.15) is 5.10 Å². The van der Waals surface area contributed by atoms with E-state index in [9.17, 15) is 8.78 Å². The summed E-state index contributed by atoms with van der Waals surface area (Å²) in [5.74, 6) is -1.62. The molecule has 3 nitrogen and oxygen atoms in total. The molecule has 114 valence electrons. The van der Waals surface area contributed by atoms with E-state index >= 15 is 0 Å². The van der Waals surface area contributed by atoms with Crippen LogP contribution < -0.4 is 5.32 Å². The summed E-state index contributed by atoms with van der Waals surface area (Å²) in [5, 5.41) is 7.80. The first-order valence-corrected chi connectivity index (χ1v) is 7.09. The standard InChI is InChI=1S/C16H21F2N3/c1-10(2)19-8-14-11(3)20-21(12(14)4)9-13-6-5-7-15(17)16(13)18/h5-7,10,19H,8-9H2,1-4H3. The van der Waals surface area contributed by atoms with E-state index < -0.39 is 11.6 Å². The SMILES string of the molecule is Cc1nn(Cc2cccc(F)c2F)c(C)c1CNC(C)C. The molecule has 5 heteroatoms. The normalized spacial score (nSPS) is 11.4.